The maximum Gasteiger partial charge on any atom is 0.276 e. The van der Waals surface area contributed by atoms with Crippen molar-refractivity contribution in [1.82, 2.24) is 39.1 Å². The Hall–Kier alpha value is -5.84. The van der Waals surface area contributed by atoms with Crippen molar-refractivity contribution < 1.29 is 19.1 Å². The summed E-state index contributed by atoms with van der Waals surface area (Å²) in [5.41, 5.74) is 18.8. The minimum atomic E-state index is -0.938. The summed E-state index contributed by atoms with van der Waals surface area (Å²) in [4.78, 5) is 35.4. The second-order valence-electron chi connectivity index (χ2n) is 13.4. The van der Waals surface area contributed by atoms with Crippen LogP contribution in [0.3, 0.4) is 0 Å². The summed E-state index contributed by atoms with van der Waals surface area (Å²) in [6.07, 6.45) is -1.01. The maximum absolute atomic E-state index is 13.6. The summed E-state index contributed by atoms with van der Waals surface area (Å²) in [7, 11) is 0. The van der Waals surface area contributed by atoms with E-state index in [0.29, 0.717) is 59.3 Å². The smallest absolute Gasteiger partial charge is 0.276 e. The molecule has 1 aliphatic rings. The quantitative estimate of drug-likeness (QED) is 0.123. The van der Waals surface area contributed by atoms with E-state index >= 15 is 0 Å². The fraction of sp³-hybridized carbons (Fsp3) is 0.333. The summed E-state index contributed by atoms with van der Waals surface area (Å²) in [5, 5.41) is 18.0. The predicted octanol–water partition coefficient (Wildman–Crippen LogP) is 4.06. The summed E-state index contributed by atoms with van der Waals surface area (Å²) < 4.78 is 18.6. The van der Waals surface area contributed by atoms with Gasteiger partial charge in [-0.3, -0.25) is 24.7 Å². The van der Waals surface area contributed by atoms with Gasteiger partial charge in [0, 0.05) is 24.3 Å². The first-order valence-electron chi connectivity index (χ1n) is 17.0. The number of aromatic nitrogens is 8. The molecule has 0 saturated carbocycles. The molecular weight excluding hydrogens is 664 g/mol. The molecule has 2 atom stereocenters. The molecule has 6 aromatic rings. The van der Waals surface area contributed by atoms with Crippen molar-refractivity contribution in [1.29, 1.82) is 0 Å². The third kappa shape index (κ3) is 6.66. The molecule has 2 amide bonds. The van der Waals surface area contributed by atoms with Gasteiger partial charge in [-0.2, -0.15) is 10.2 Å². The van der Waals surface area contributed by atoms with E-state index in [-0.39, 0.29) is 18.4 Å². The zero-order valence-corrected chi connectivity index (χ0v) is 29.7. The van der Waals surface area contributed by atoms with Crippen molar-refractivity contribution in [2.24, 2.45) is 11.5 Å². The first-order valence-corrected chi connectivity index (χ1v) is 17.0. The lowest BCUT2D eigenvalue weighted by molar-refractivity contribution is -0.147. The summed E-state index contributed by atoms with van der Waals surface area (Å²) in [6.45, 7) is 15.1. The minimum Gasteiger partial charge on any atom is -0.366 e. The maximum atomic E-state index is 13.6. The highest BCUT2D eigenvalue weighted by atomic mass is 16.8. The molecule has 16 heteroatoms. The molecule has 7 N–H and O–H groups in total. The number of carbonyl (C=O) groups is 2. The first kappa shape index (κ1) is 34.6. The van der Waals surface area contributed by atoms with Crippen LogP contribution in [0.4, 0.5) is 11.9 Å². The highest BCUT2D eigenvalue weighted by molar-refractivity contribution is 6.03. The van der Waals surface area contributed by atoms with E-state index in [9.17, 15) is 9.59 Å². The van der Waals surface area contributed by atoms with Gasteiger partial charge >= 0.3 is 0 Å². The minimum absolute atomic E-state index is 0.244. The third-order valence-corrected chi connectivity index (χ3v) is 9.03. The fourth-order valence-corrected chi connectivity index (χ4v) is 6.63. The van der Waals surface area contributed by atoms with Gasteiger partial charge in [0.1, 0.15) is 23.6 Å². The van der Waals surface area contributed by atoms with Crippen molar-refractivity contribution in [3.8, 4) is 0 Å². The largest absolute Gasteiger partial charge is 0.366 e. The van der Waals surface area contributed by atoms with Crippen LogP contribution >= 0.6 is 0 Å². The van der Waals surface area contributed by atoms with Crippen molar-refractivity contribution in [2.45, 2.75) is 78.8 Å². The van der Waals surface area contributed by atoms with Gasteiger partial charge in [-0.05, 0) is 82.6 Å². The van der Waals surface area contributed by atoms with Gasteiger partial charge in [-0.25, -0.2) is 9.97 Å². The average Bonchev–Trinajstić information content (AvgIpc) is 3.91. The molecule has 1 saturated heterocycles. The monoisotopic (exact) mass is 706 g/mol. The molecule has 270 valence electrons. The van der Waals surface area contributed by atoms with Crippen LogP contribution in [-0.2, 0) is 35.7 Å². The average molecular weight is 707 g/mol. The summed E-state index contributed by atoms with van der Waals surface area (Å²) in [6, 6.07) is 14.6. The number of amides is 2. The van der Waals surface area contributed by atoms with Crippen LogP contribution in [0.15, 0.2) is 55.1 Å². The second-order valence-corrected chi connectivity index (χ2v) is 13.4. The van der Waals surface area contributed by atoms with Gasteiger partial charge < -0.3 is 35.4 Å². The number of nitrogens with one attached hydrogen (secondary N) is 3. The molecule has 16 nitrogen and oxygen atoms in total. The van der Waals surface area contributed by atoms with E-state index in [1.165, 1.54) is 0 Å². The molecule has 0 radical (unpaired) electrons. The first-order chi connectivity index (χ1) is 24.8. The Morgan fingerprint density at radius 3 is 2.17 bits per heavy atom. The fourth-order valence-electron chi connectivity index (χ4n) is 6.63. The Labute approximate surface area is 299 Å². The van der Waals surface area contributed by atoms with E-state index in [2.05, 4.69) is 32.5 Å². The van der Waals surface area contributed by atoms with Crippen LogP contribution in [-0.4, -0.2) is 68.9 Å². The molecular formula is C36H42N12O4. The number of aromatic amines is 1. The van der Waals surface area contributed by atoms with E-state index < -0.39 is 23.9 Å². The van der Waals surface area contributed by atoms with Crippen LogP contribution < -0.4 is 22.1 Å². The molecule has 1 aliphatic heterocycles. The number of rotatable bonds is 12. The number of benzene rings is 2. The Bertz CT molecular complexity index is 2350. The standard InChI is InChI=1S/C36H42N12O4/c1-7-48-29(13-20(3)45-48)33(50)42-35-41-26-15-23(32(38)49)9-11-28(26)47(35)18-31-30(51-36(5,6)52-31)17-46-27-10-8-22(16-37)14-25(27)40-34(46)39-21(4)24-12-19(2)43-44-24/h8-15,30-31H,4,7,16-18,37H2,1-3,5-6H3,(H2,38,49)(H,39,40)(H,43,44)(H,41,42,50)/t30-,31-/m1/s1. The molecule has 2 aromatic carbocycles. The lowest BCUT2D eigenvalue weighted by Crippen LogP contribution is -2.32. The third-order valence-electron chi connectivity index (χ3n) is 9.03. The Morgan fingerprint density at radius 2 is 1.58 bits per heavy atom. The number of hydrogen-bond donors (Lipinski definition) is 5. The van der Waals surface area contributed by atoms with Crippen LogP contribution in [0.2, 0.25) is 0 Å². The second kappa shape index (κ2) is 13.4. The lowest BCUT2D eigenvalue weighted by Gasteiger charge is -2.21. The van der Waals surface area contributed by atoms with Gasteiger partial charge in [0.2, 0.25) is 17.8 Å². The number of anilines is 2. The predicted molar refractivity (Wildman–Crippen MR) is 196 cm³/mol. The topological polar surface area (TPSA) is 211 Å². The number of nitrogens with two attached hydrogens (primary N) is 2. The van der Waals surface area contributed by atoms with Crippen molar-refractivity contribution >= 4 is 51.5 Å². The molecule has 52 heavy (non-hydrogen) atoms. The highest BCUT2D eigenvalue weighted by Gasteiger charge is 2.42. The van der Waals surface area contributed by atoms with Crippen LogP contribution in [0.25, 0.3) is 27.8 Å². The van der Waals surface area contributed by atoms with E-state index in [0.717, 1.165) is 28.0 Å². The van der Waals surface area contributed by atoms with Gasteiger partial charge in [0.25, 0.3) is 5.91 Å². The normalized spacial score (nSPS) is 16.9. The number of hydrogen-bond acceptors (Lipinski definition) is 10. The number of primary amides is 1. The van der Waals surface area contributed by atoms with E-state index in [1.807, 2.05) is 68.0 Å². The van der Waals surface area contributed by atoms with Crippen LogP contribution in [0.5, 0.6) is 0 Å². The van der Waals surface area contributed by atoms with Crippen LogP contribution in [0.1, 0.15) is 64.3 Å². The Kier molecular flexibility index (Phi) is 8.90. The van der Waals surface area contributed by atoms with Crippen molar-refractivity contribution in [3.63, 3.8) is 0 Å². The number of nitrogens with zero attached hydrogens (tertiary/aromatic N) is 7. The van der Waals surface area contributed by atoms with Gasteiger partial charge in [-0.1, -0.05) is 12.6 Å². The molecule has 1 fully saturated rings. The van der Waals surface area contributed by atoms with Gasteiger partial charge in [0.05, 0.1) is 46.5 Å². The highest BCUT2D eigenvalue weighted by Crippen LogP contribution is 2.34. The molecule has 0 unspecified atom stereocenters. The molecule has 0 aliphatic carbocycles. The zero-order chi connectivity index (χ0) is 36.9. The SMILES string of the molecule is C=C(Nc1nc2cc(CN)ccc2n1C[C@H]1OC(C)(C)O[C@@H]1Cn1c(NC(=O)c2cc(C)nn2CC)nc2cc(C(N)=O)ccc21)c1cc(C)[nH]n1. The van der Waals surface area contributed by atoms with Gasteiger partial charge in [-0.15, -0.1) is 0 Å². The number of aryl methyl sites for hydroxylation is 3. The number of fused-ring (bicyclic) bond motifs is 2. The molecule has 4 aromatic heterocycles. The van der Waals surface area contributed by atoms with E-state index in [4.69, 9.17) is 30.9 Å². The van der Waals surface area contributed by atoms with E-state index in [1.54, 1.807) is 28.9 Å². The number of H-pyrrole nitrogens is 1. The Balaban J connectivity index is 1.25. The summed E-state index contributed by atoms with van der Waals surface area (Å²) >= 11 is 0. The number of imidazole rings is 2. The van der Waals surface area contributed by atoms with Crippen LogP contribution in [0, 0.1) is 13.8 Å². The lowest BCUT2D eigenvalue weighted by atomic mass is 10.1. The Morgan fingerprint density at radius 1 is 0.942 bits per heavy atom. The number of carbonyl (C=O) groups excluding carboxylic acids is 2. The molecule has 0 spiro atoms. The summed E-state index contributed by atoms with van der Waals surface area (Å²) in [5.74, 6) is -1.08. The molecule has 7 rings (SSSR count). The van der Waals surface area contributed by atoms with Gasteiger partial charge in [0.15, 0.2) is 5.79 Å². The van der Waals surface area contributed by atoms with Crippen molar-refractivity contribution in [2.75, 3.05) is 10.6 Å². The zero-order valence-electron chi connectivity index (χ0n) is 29.7. The number of ether oxygens (including phenoxy) is 2. The van der Waals surface area contributed by atoms with Crippen molar-refractivity contribution in [3.05, 3.63) is 89.0 Å². The molecule has 5 heterocycles. The molecule has 0 bridgehead atoms.